The number of benzene rings is 6. The number of ketones is 2. The van der Waals surface area contributed by atoms with Crippen LogP contribution < -0.4 is 9.47 Å². The fraction of sp³-hybridized carbons (Fsp3) is 0.302. The molecule has 11 heteroatoms. The van der Waals surface area contributed by atoms with E-state index in [0.29, 0.717) is 16.9 Å². The van der Waals surface area contributed by atoms with E-state index >= 15 is 0 Å². The lowest BCUT2D eigenvalue weighted by molar-refractivity contribution is 0.100. The standard InChI is InChI=1S/C22H24N2O2.C21H22N2O2.C20H22N2O/c1-6-9-24-19-8-7-15-13(2)23(4)12-18(15)22(19)17-10-16(14(3)25)21(26-5)11-20(17)24;1-5-8-23-18-7-6-14-12(2)22(4)11-17(14)21(18)16-9-15(13(3)24)20(25)10-19(16)23;1-5-10-22-18-9-8-15-13(2)21(3)12-17(15)20(18)16-7-6-14(23-4)11-19(16)22/h7-8,10-11H,2,6,9,12H2,1,3-5H3;6-7,9-10,25H,2,5,8,11H2,1,3-4H3;6-9,11H,2,5,10,12H2,1,3-4H3. The minimum atomic E-state index is -0.120. The largest absolute Gasteiger partial charge is 0.507 e. The van der Waals surface area contributed by atoms with E-state index in [1.54, 1.807) is 27.2 Å². The smallest absolute Gasteiger partial charge is 0.163 e. The first-order valence-corrected chi connectivity index (χ1v) is 25.9. The van der Waals surface area contributed by atoms with E-state index in [1.807, 2.05) is 25.2 Å². The average Bonchev–Trinajstić information content (AvgIpc) is 4.20. The fourth-order valence-electron chi connectivity index (χ4n) is 12.0. The fourth-order valence-corrected chi connectivity index (χ4v) is 12.0. The highest BCUT2D eigenvalue weighted by Gasteiger charge is 2.29. The van der Waals surface area contributed by atoms with Gasteiger partial charge in [0.25, 0.3) is 0 Å². The number of aromatic hydroxyl groups is 1. The van der Waals surface area contributed by atoms with Crippen LogP contribution in [0.3, 0.4) is 0 Å². The lowest BCUT2D eigenvalue weighted by atomic mass is 10.00. The van der Waals surface area contributed by atoms with E-state index in [4.69, 9.17) is 9.47 Å². The SMILES string of the molecule is C=C1c2ccc3c(c2CN1C)c1cc(C(C)=O)c(O)cc1n3CCC.C=C1c2ccc3c(c2CN1C)c1cc(C(C)=O)c(OC)cc1n3CCC.C=C1c2ccc3c(c2CN1C)c1ccc(OC)cc1n3CCC. The van der Waals surface area contributed by atoms with E-state index in [0.717, 1.165) is 109 Å². The Morgan fingerprint density at radius 3 is 1.28 bits per heavy atom. The van der Waals surface area contributed by atoms with Gasteiger partial charge in [-0.15, -0.1) is 0 Å². The molecule has 0 fully saturated rings. The summed E-state index contributed by atoms with van der Waals surface area (Å²) in [7, 11) is 9.58. The van der Waals surface area contributed by atoms with E-state index < -0.39 is 0 Å². The highest BCUT2D eigenvalue weighted by molar-refractivity contribution is 6.16. The molecule has 3 aliphatic heterocycles. The van der Waals surface area contributed by atoms with Crippen molar-refractivity contribution < 1.29 is 24.2 Å². The van der Waals surface area contributed by atoms with Gasteiger partial charge in [0.1, 0.15) is 17.2 Å². The second-order valence-electron chi connectivity index (χ2n) is 20.3. The summed E-state index contributed by atoms with van der Waals surface area (Å²) in [6.45, 7) is 27.7. The number of aromatic nitrogens is 3. The van der Waals surface area contributed by atoms with Crippen molar-refractivity contribution in [2.45, 2.75) is 93.1 Å². The zero-order valence-electron chi connectivity index (χ0n) is 44.8. The Bertz CT molecular complexity index is 3860. The van der Waals surface area contributed by atoms with Gasteiger partial charge in [0.15, 0.2) is 11.6 Å². The molecule has 74 heavy (non-hydrogen) atoms. The minimum absolute atomic E-state index is 0.0224. The van der Waals surface area contributed by atoms with Gasteiger partial charge >= 0.3 is 0 Å². The lowest BCUT2D eigenvalue weighted by Crippen LogP contribution is -2.06. The summed E-state index contributed by atoms with van der Waals surface area (Å²) >= 11 is 0. The number of phenolic OH excluding ortho intramolecular Hbond substituents is 1. The van der Waals surface area contributed by atoms with Crippen LogP contribution >= 0.6 is 0 Å². The number of carbonyl (C=O) groups excluding carboxylic acids is 2. The summed E-state index contributed by atoms with van der Waals surface area (Å²) in [6.07, 6.45) is 3.15. The Balaban J connectivity index is 0.000000127. The number of carbonyl (C=O) groups is 2. The van der Waals surface area contributed by atoms with Crippen LogP contribution in [0.25, 0.3) is 82.5 Å². The molecule has 0 bridgehead atoms. The summed E-state index contributed by atoms with van der Waals surface area (Å²) in [5.74, 6) is 1.51. The average molecular weight is 989 g/mol. The number of aryl methyl sites for hydroxylation is 3. The molecule has 0 spiro atoms. The molecule has 0 aliphatic carbocycles. The second-order valence-corrected chi connectivity index (χ2v) is 20.3. The molecular formula is C63H68N6O5. The van der Waals surface area contributed by atoms with Crippen molar-refractivity contribution in [1.29, 1.82) is 0 Å². The number of fused-ring (bicyclic) bond motifs is 15. The summed E-state index contributed by atoms with van der Waals surface area (Å²) in [5.41, 5.74) is 18.9. The van der Waals surface area contributed by atoms with Crippen LogP contribution in [0.2, 0.25) is 0 Å². The maximum Gasteiger partial charge on any atom is 0.163 e. The van der Waals surface area contributed by atoms with Crippen molar-refractivity contribution in [2.75, 3.05) is 35.4 Å². The molecule has 6 heterocycles. The highest BCUT2D eigenvalue weighted by atomic mass is 16.5. The van der Waals surface area contributed by atoms with Crippen molar-refractivity contribution >= 4 is 94.1 Å². The Morgan fingerprint density at radius 1 is 0.500 bits per heavy atom. The quantitative estimate of drug-likeness (QED) is 0.135. The van der Waals surface area contributed by atoms with E-state index in [2.05, 4.69) is 138 Å². The Labute approximate surface area is 433 Å². The van der Waals surface area contributed by atoms with E-state index in [-0.39, 0.29) is 17.3 Å². The van der Waals surface area contributed by atoms with Gasteiger partial charge in [-0.05, 0) is 92.3 Å². The molecule has 0 amide bonds. The molecule has 3 aromatic heterocycles. The highest BCUT2D eigenvalue weighted by Crippen LogP contribution is 2.45. The summed E-state index contributed by atoms with van der Waals surface area (Å²) in [5, 5.41) is 17.6. The maximum atomic E-state index is 12.2. The van der Waals surface area contributed by atoms with Gasteiger partial charge in [0.2, 0.25) is 0 Å². The number of nitrogens with zero attached hydrogens (tertiary/aromatic N) is 6. The summed E-state index contributed by atoms with van der Waals surface area (Å²) < 4.78 is 18.0. The molecule has 3 aliphatic rings. The molecule has 6 aromatic carbocycles. The second kappa shape index (κ2) is 19.2. The Morgan fingerprint density at radius 2 is 0.892 bits per heavy atom. The number of phenols is 1. The first-order valence-electron chi connectivity index (χ1n) is 25.9. The van der Waals surface area contributed by atoms with Crippen LogP contribution in [0.5, 0.6) is 17.2 Å². The topological polar surface area (TPSA) is 97.3 Å². The number of ether oxygens (including phenoxy) is 2. The maximum absolute atomic E-state index is 12.2. The minimum Gasteiger partial charge on any atom is -0.507 e. The summed E-state index contributed by atoms with van der Waals surface area (Å²) in [4.78, 5) is 30.7. The van der Waals surface area contributed by atoms with Crippen molar-refractivity contribution in [3.05, 3.63) is 143 Å². The van der Waals surface area contributed by atoms with Gasteiger partial charge in [0.05, 0.1) is 41.9 Å². The normalized spacial score (nSPS) is 13.9. The molecule has 0 radical (unpaired) electrons. The van der Waals surface area contributed by atoms with Crippen LogP contribution in [0.4, 0.5) is 0 Å². The van der Waals surface area contributed by atoms with E-state index in [9.17, 15) is 14.7 Å². The molecule has 1 N–H and O–H groups in total. The summed E-state index contributed by atoms with van der Waals surface area (Å²) in [6, 6.07) is 27.1. The van der Waals surface area contributed by atoms with Crippen LogP contribution in [-0.2, 0) is 39.3 Å². The van der Waals surface area contributed by atoms with Crippen molar-refractivity contribution in [3.63, 3.8) is 0 Å². The molecule has 0 unspecified atom stereocenters. The van der Waals surface area contributed by atoms with Gasteiger partial charge in [-0.1, -0.05) is 58.7 Å². The predicted molar refractivity (Wildman–Crippen MR) is 305 cm³/mol. The predicted octanol–water partition coefficient (Wildman–Crippen LogP) is 14.0. The third-order valence-corrected chi connectivity index (χ3v) is 15.7. The van der Waals surface area contributed by atoms with Crippen molar-refractivity contribution in [3.8, 4) is 17.2 Å². The molecule has 12 rings (SSSR count). The monoisotopic (exact) mass is 989 g/mol. The third kappa shape index (κ3) is 7.78. The van der Waals surface area contributed by atoms with Crippen LogP contribution in [-0.4, -0.2) is 80.4 Å². The molecule has 9 aromatic rings. The third-order valence-electron chi connectivity index (χ3n) is 15.7. The molecule has 11 nitrogen and oxygen atoms in total. The first kappa shape index (κ1) is 49.6. The molecule has 0 atom stereocenters. The Hall–Kier alpha value is -7.92. The number of hydrogen-bond donors (Lipinski definition) is 1. The van der Waals surface area contributed by atoms with E-state index in [1.165, 1.54) is 78.4 Å². The number of rotatable bonds is 10. The molecule has 0 saturated heterocycles. The zero-order valence-corrected chi connectivity index (χ0v) is 44.8. The lowest BCUT2D eigenvalue weighted by Gasteiger charge is -2.10. The van der Waals surface area contributed by atoms with Gasteiger partial charge in [-0.25, -0.2) is 0 Å². The Kier molecular flexibility index (Phi) is 12.9. The van der Waals surface area contributed by atoms with Crippen LogP contribution in [0.15, 0.2) is 98.6 Å². The molecule has 380 valence electrons. The number of methoxy groups -OCH3 is 2. The zero-order chi connectivity index (χ0) is 52.6. The number of Topliss-reactive ketones (excluding diaryl/α,β-unsaturated/α-hetero) is 2. The van der Waals surface area contributed by atoms with Crippen molar-refractivity contribution in [2.24, 2.45) is 0 Å². The van der Waals surface area contributed by atoms with Gasteiger partial charge in [-0.2, -0.15) is 0 Å². The van der Waals surface area contributed by atoms with Crippen LogP contribution in [0.1, 0.15) is 108 Å². The van der Waals surface area contributed by atoms with Gasteiger partial charge in [0, 0.05) is 161 Å². The number of hydrogen-bond acceptors (Lipinski definition) is 8. The molecular weight excluding hydrogens is 921 g/mol. The van der Waals surface area contributed by atoms with Gasteiger partial charge in [-0.3, -0.25) is 9.59 Å². The molecule has 0 saturated carbocycles. The van der Waals surface area contributed by atoms with Gasteiger partial charge < -0.3 is 43.0 Å². The van der Waals surface area contributed by atoms with Crippen LogP contribution in [0, 0.1) is 0 Å². The first-order chi connectivity index (χ1) is 35.6. The van der Waals surface area contributed by atoms with Crippen molar-refractivity contribution in [1.82, 2.24) is 28.4 Å².